The fourth-order valence-electron chi connectivity index (χ4n) is 3.81. The summed E-state index contributed by atoms with van der Waals surface area (Å²) in [5.41, 5.74) is 1.94. The van der Waals surface area contributed by atoms with Gasteiger partial charge in [0.2, 0.25) is 5.89 Å². The molecule has 0 N–H and O–H groups in total. The molecular formula is C20H18ClFN6O3. The van der Waals surface area contributed by atoms with Crippen molar-refractivity contribution in [1.29, 1.82) is 0 Å². The number of fused-ring (bicyclic) bond motifs is 1. The maximum Gasteiger partial charge on any atom is 0.280 e. The lowest BCUT2D eigenvalue weighted by Crippen LogP contribution is -2.22. The molecule has 160 valence electrons. The van der Waals surface area contributed by atoms with E-state index in [1.54, 1.807) is 24.9 Å². The molecule has 1 aromatic carbocycles. The van der Waals surface area contributed by atoms with Crippen molar-refractivity contribution in [3.63, 3.8) is 0 Å². The average Bonchev–Trinajstić information content (AvgIpc) is 3.48. The largest absolute Gasteiger partial charge is 0.373 e. The van der Waals surface area contributed by atoms with E-state index in [2.05, 4.69) is 20.1 Å². The Labute approximate surface area is 180 Å². The second kappa shape index (κ2) is 7.54. The highest BCUT2D eigenvalue weighted by molar-refractivity contribution is 6.31. The van der Waals surface area contributed by atoms with Gasteiger partial charge in [-0.25, -0.2) is 14.4 Å². The van der Waals surface area contributed by atoms with E-state index in [1.807, 2.05) is 6.07 Å². The number of hydrogen-bond acceptors (Lipinski definition) is 7. The first-order valence-corrected chi connectivity index (χ1v) is 10.0. The molecule has 0 bridgehead atoms. The third-order valence-corrected chi connectivity index (χ3v) is 5.94. The number of nitrogens with zero attached hydrogens (tertiary/aromatic N) is 6. The number of hydrogen-bond donors (Lipinski definition) is 0. The number of benzene rings is 1. The molecule has 31 heavy (non-hydrogen) atoms. The van der Waals surface area contributed by atoms with Crippen molar-refractivity contribution in [3.8, 4) is 0 Å². The van der Waals surface area contributed by atoms with Gasteiger partial charge in [-0.15, -0.1) is 0 Å². The van der Waals surface area contributed by atoms with E-state index in [0.29, 0.717) is 35.6 Å². The van der Waals surface area contributed by atoms with E-state index >= 15 is 0 Å². The van der Waals surface area contributed by atoms with Gasteiger partial charge in [0.1, 0.15) is 18.7 Å². The van der Waals surface area contributed by atoms with E-state index in [1.165, 1.54) is 17.0 Å². The van der Waals surface area contributed by atoms with Crippen LogP contribution < -0.4 is 5.56 Å². The average molecular weight is 445 g/mol. The Hall–Kier alpha value is -3.11. The Morgan fingerprint density at radius 1 is 1.29 bits per heavy atom. The molecule has 1 aliphatic rings. The molecular weight excluding hydrogens is 427 g/mol. The summed E-state index contributed by atoms with van der Waals surface area (Å²) >= 11 is 5.91. The monoisotopic (exact) mass is 444 g/mol. The van der Waals surface area contributed by atoms with Gasteiger partial charge in [-0.1, -0.05) is 22.8 Å². The van der Waals surface area contributed by atoms with Crippen LogP contribution in [-0.2, 0) is 18.3 Å². The Balaban J connectivity index is 1.33. The Kier molecular flexibility index (Phi) is 4.82. The molecule has 4 heterocycles. The number of rotatable bonds is 4. The third-order valence-electron chi connectivity index (χ3n) is 5.46. The first kappa shape index (κ1) is 19.8. The minimum absolute atomic E-state index is 0.0958. The predicted octanol–water partition coefficient (Wildman–Crippen LogP) is 2.91. The summed E-state index contributed by atoms with van der Waals surface area (Å²) in [4.78, 5) is 25.4. The Morgan fingerprint density at radius 3 is 2.90 bits per heavy atom. The molecule has 1 saturated heterocycles. The van der Waals surface area contributed by atoms with Gasteiger partial charge >= 0.3 is 0 Å². The van der Waals surface area contributed by atoms with Crippen molar-refractivity contribution in [1.82, 2.24) is 29.2 Å². The topological polar surface area (TPSA) is 101 Å². The molecule has 0 amide bonds. The summed E-state index contributed by atoms with van der Waals surface area (Å²) in [6.45, 7) is 2.24. The molecule has 1 aliphatic heterocycles. The summed E-state index contributed by atoms with van der Waals surface area (Å²) in [6.07, 6.45) is 3.26. The molecule has 9 nitrogen and oxygen atoms in total. The van der Waals surface area contributed by atoms with Crippen LogP contribution in [0.15, 0.2) is 34.1 Å². The van der Waals surface area contributed by atoms with Crippen molar-refractivity contribution in [3.05, 3.63) is 68.8 Å². The highest BCUT2D eigenvalue weighted by atomic mass is 35.5. The van der Waals surface area contributed by atoms with Crippen LogP contribution in [0.2, 0.25) is 5.02 Å². The van der Waals surface area contributed by atoms with E-state index in [0.717, 1.165) is 5.56 Å². The minimum atomic E-state index is -0.463. The summed E-state index contributed by atoms with van der Waals surface area (Å²) < 4.78 is 28.2. The number of ether oxygens (including phenoxy) is 1. The quantitative estimate of drug-likeness (QED) is 0.477. The van der Waals surface area contributed by atoms with Gasteiger partial charge in [0.15, 0.2) is 17.0 Å². The van der Waals surface area contributed by atoms with Crippen LogP contribution >= 0.6 is 11.6 Å². The lowest BCUT2D eigenvalue weighted by Gasteiger charge is -2.12. The number of aromatic nitrogens is 6. The van der Waals surface area contributed by atoms with Crippen molar-refractivity contribution in [2.75, 3.05) is 6.61 Å². The van der Waals surface area contributed by atoms with E-state index < -0.39 is 5.82 Å². The van der Waals surface area contributed by atoms with Crippen LogP contribution in [0.1, 0.15) is 41.3 Å². The van der Waals surface area contributed by atoms with Crippen LogP contribution in [0.5, 0.6) is 0 Å². The van der Waals surface area contributed by atoms with Gasteiger partial charge in [-0.2, -0.15) is 4.98 Å². The highest BCUT2D eigenvalue weighted by Crippen LogP contribution is 2.38. The minimum Gasteiger partial charge on any atom is -0.373 e. The predicted molar refractivity (Wildman–Crippen MR) is 108 cm³/mol. The fraction of sp³-hybridized carbons (Fsp3) is 0.350. The molecule has 1 fully saturated rings. The lowest BCUT2D eigenvalue weighted by molar-refractivity contribution is 0.109. The SMILES string of the molecule is Cc1cc([C@H]2C[C@H](c3noc(Cn4cnc5ncn(C)c5c4=O)n3)CO2)cc(F)c1Cl. The van der Waals surface area contributed by atoms with E-state index in [4.69, 9.17) is 20.9 Å². The van der Waals surface area contributed by atoms with Gasteiger partial charge in [0.25, 0.3) is 5.56 Å². The van der Waals surface area contributed by atoms with Crippen molar-refractivity contribution in [2.45, 2.75) is 31.9 Å². The van der Waals surface area contributed by atoms with E-state index in [-0.39, 0.29) is 35.0 Å². The van der Waals surface area contributed by atoms with Crippen molar-refractivity contribution in [2.24, 2.45) is 7.05 Å². The van der Waals surface area contributed by atoms with Gasteiger partial charge in [-0.05, 0) is 30.5 Å². The maximum absolute atomic E-state index is 14.0. The first-order valence-electron chi connectivity index (χ1n) is 9.66. The standard InChI is InChI=1S/C20H18ClFN6O3/c1-10-3-11(4-13(22)16(10)21)14-5-12(7-30-14)18-25-15(31-26-18)6-28-9-24-19-17(20(28)29)27(2)8-23-19/h3-4,8-9,12,14H,5-7H2,1-2H3/t12-,14+/m0/s1. The molecule has 5 rings (SSSR count). The smallest absolute Gasteiger partial charge is 0.280 e. The summed E-state index contributed by atoms with van der Waals surface area (Å²) in [5, 5.41) is 4.18. The Morgan fingerprint density at radius 2 is 2.10 bits per heavy atom. The molecule has 0 saturated carbocycles. The van der Waals surface area contributed by atoms with Crippen molar-refractivity contribution >= 4 is 22.8 Å². The maximum atomic E-state index is 14.0. The van der Waals surface area contributed by atoms with Crippen LogP contribution in [0, 0.1) is 12.7 Å². The zero-order valence-corrected chi connectivity index (χ0v) is 17.5. The molecule has 4 aromatic rings. The van der Waals surface area contributed by atoms with Crippen LogP contribution in [0.4, 0.5) is 4.39 Å². The first-order chi connectivity index (χ1) is 14.9. The molecule has 2 atom stereocenters. The van der Waals surface area contributed by atoms with Gasteiger partial charge in [0, 0.05) is 13.0 Å². The van der Waals surface area contributed by atoms with Gasteiger partial charge in [0.05, 0.1) is 24.1 Å². The molecule has 0 radical (unpaired) electrons. The van der Waals surface area contributed by atoms with Crippen LogP contribution in [-0.4, -0.2) is 35.8 Å². The van der Waals surface area contributed by atoms with Crippen LogP contribution in [0.25, 0.3) is 11.2 Å². The molecule has 3 aromatic heterocycles. The zero-order chi connectivity index (χ0) is 21.7. The second-order valence-electron chi connectivity index (χ2n) is 7.64. The van der Waals surface area contributed by atoms with Crippen LogP contribution in [0.3, 0.4) is 0 Å². The number of aryl methyl sites for hydroxylation is 2. The summed E-state index contributed by atoms with van der Waals surface area (Å²) in [6, 6.07) is 3.23. The highest BCUT2D eigenvalue weighted by Gasteiger charge is 2.32. The molecule has 0 aliphatic carbocycles. The number of imidazole rings is 1. The second-order valence-corrected chi connectivity index (χ2v) is 8.02. The summed E-state index contributed by atoms with van der Waals surface area (Å²) in [7, 11) is 1.73. The fourth-order valence-corrected chi connectivity index (χ4v) is 3.92. The Bertz CT molecular complexity index is 1320. The molecule has 0 unspecified atom stereocenters. The molecule has 0 spiro atoms. The normalized spacial score (nSPS) is 18.8. The van der Waals surface area contributed by atoms with E-state index in [9.17, 15) is 9.18 Å². The lowest BCUT2D eigenvalue weighted by atomic mass is 9.99. The number of halogens is 2. The molecule has 11 heteroatoms. The summed E-state index contributed by atoms with van der Waals surface area (Å²) in [5.74, 6) is 0.217. The van der Waals surface area contributed by atoms with Gasteiger partial charge in [-0.3, -0.25) is 9.36 Å². The zero-order valence-electron chi connectivity index (χ0n) is 16.7. The van der Waals surface area contributed by atoms with Crippen molar-refractivity contribution < 1.29 is 13.7 Å². The third kappa shape index (κ3) is 3.51. The van der Waals surface area contributed by atoms with Gasteiger partial charge < -0.3 is 13.8 Å².